The number of carbonyl (C=O) groups excluding carboxylic acids is 1. The number of aliphatic carboxylic acids is 2. The highest BCUT2D eigenvalue weighted by Crippen LogP contribution is 2.20. The van der Waals surface area contributed by atoms with E-state index in [1.54, 1.807) is 24.3 Å². The van der Waals surface area contributed by atoms with Gasteiger partial charge in [-0.1, -0.05) is 69.4 Å². The fourth-order valence-electron chi connectivity index (χ4n) is 3.67. The Morgan fingerprint density at radius 2 is 1.43 bits per heavy atom. The van der Waals surface area contributed by atoms with E-state index in [0.29, 0.717) is 17.8 Å². The summed E-state index contributed by atoms with van der Waals surface area (Å²) in [7, 11) is 0. The number of hydrogen-bond donors (Lipinski definition) is 3. The van der Waals surface area contributed by atoms with E-state index in [0.717, 1.165) is 38.5 Å². The minimum atomic E-state index is -1.12. The van der Waals surface area contributed by atoms with Crippen LogP contribution in [0, 0.1) is 0 Å². The first kappa shape index (κ1) is 29.9. The number of allylic oxidation sites excluding steroid dienone is 4. The number of rotatable bonds is 20. The first-order valence-electron chi connectivity index (χ1n) is 12.8. The monoisotopic (exact) mass is 486 g/mol. The van der Waals surface area contributed by atoms with Crippen molar-refractivity contribution < 1.29 is 24.6 Å². The highest BCUT2D eigenvalue weighted by Gasteiger charge is 2.15. The van der Waals surface area contributed by atoms with Gasteiger partial charge in [0.15, 0.2) is 0 Å². The summed E-state index contributed by atoms with van der Waals surface area (Å²) in [4.78, 5) is 35.6. The molecule has 7 heteroatoms. The van der Waals surface area contributed by atoms with Crippen LogP contribution in [0.25, 0.3) is 0 Å². The van der Waals surface area contributed by atoms with Crippen molar-refractivity contribution in [3.63, 3.8) is 0 Å². The fourth-order valence-corrected chi connectivity index (χ4v) is 3.67. The number of hydrogen-bond acceptors (Lipinski definition) is 4. The van der Waals surface area contributed by atoms with Crippen LogP contribution in [0.2, 0.25) is 0 Å². The van der Waals surface area contributed by atoms with Crippen molar-refractivity contribution in [1.82, 2.24) is 0 Å². The Bertz CT molecular complexity index is 803. The van der Waals surface area contributed by atoms with Crippen molar-refractivity contribution >= 4 is 29.2 Å². The molecule has 7 nitrogen and oxygen atoms in total. The number of carboxylic acids is 2. The fraction of sp³-hybridized carbons (Fsp3) is 0.536. The predicted octanol–water partition coefficient (Wildman–Crippen LogP) is 6.41. The molecule has 35 heavy (non-hydrogen) atoms. The van der Waals surface area contributed by atoms with Crippen LogP contribution in [0.15, 0.2) is 48.6 Å². The largest absolute Gasteiger partial charge is 0.480 e. The first-order chi connectivity index (χ1) is 16.9. The number of carbonyl (C=O) groups is 3. The minimum absolute atomic E-state index is 0.101. The lowest BCUT2D eigenvalue weighted by Crippen LogP contribution is -2.34. The molecule has 0 atom stereocenters. The van der Waals surface area contributed by atoms with Gasteiger partial charge in [-0.15, -0.1) is 0 Å². The number of nitrogens with zero attached hydrogens (tertiary/aromatic N) is 1. The average Bonchev–Trinajstić information content (AvgIpc) is 2.80. The first-order valence-corrected chi connectivity index (χ1v) is 12.8. The Kier molecular flexibility index (Phi) is 16.5. The lowest BCUT2D eigenvalue weighted by molar-refractivity contribution is -0.136. The number of anilines is 2. The Labute approximate surface area is 209 Å². The zero-order valence-corrected chi connectivity index (χ0v) is 21.1. The predicted molar refractivity (Wildman–Crippen MR) is 142 cm³/mol. The molecular formula is C28H42N2O5. The lowest BCUT2D eigenvalue weighted by Gasteiger charge is -2.21. The molecule has 1 rings (SSSR count). The third-order valence-electron chi connectivity index (χ3n) is 5.50. The molecule has 194 valence electrons. The van der Waals surface area contributed by atoms with Gasteiger partial charge in [-0.3, -0.25) is 14.4 Å². The molecule has 0 fully saturated rings. The normalized spacial score (nSPS) is 11.2. The van der Waals surface area contributed by atoms with Crippen LogP contribution in [-0.2, 0) is 14.4 Å². The van der Waals surface area contributed by atoms with E-state index in [1.807, 2.05) is 0 Å². The van der Waals surface area contributed by atoms with E-state index in [-0.39, 0.29) is 5.91 Å². The maximum atomic E-state index is 12.3. The highest BCUT2D eigenvalue weighted by atomic mass is 16.4. The quantitative estimate of drug-likeness (QED) is 0.145. The van der Waals surface area contributed by atoms with Gasteiger partial charge < -0.3 is 20.4 Å². The SMILES string of the molecule is CCCCC/C=C\C/C=C\CCCCCCCC(=O)Nc1cccc(N(CC(=O)O)CC(=O)O)c1. The average molecular weight is 487 g/mol. The summed E-state index contributed by atoms with van der Waals surface area (Å²) in [5, 5.41) is 20.9. The van der Waals surface area contributed by atoms with Crippen LogP contribution < -0.4 is 10.2 Å². The van der Waals surface area contributed by atoms with Crippen molar-refractivity contribution in [3.8, 4) is 0 Å². The molecule has 0 saturated heterocycles. The van der Waals surface area contributed by atoms with Gasteiger partial charge in [0.05, 0.1) is 0 Å². The zero-order valence-electron chi connectivity index (χ0n) is 21.1. The van der Waals surface area contributed by atoms with Crippen LogP contribution in [0.3, 0.4) is 0 Å². The van der Waals surface area contributed by atoms with Crippen LogP contribution in [0.4, 0.5) is 11.4 Å². The van der Waals surface area contributed by atoms with E-state index in [1.165, 1.54) is 37.0 Å². The minimum Gasteiger partial charge on any atom is -0.480 e. The standard InChI is InChI=1S/C28H42N2O5/c1-2-3-4-5-6-7-8-9-10-11-12-13-14-15-16-20-26(31)29-24-18-17-19-25(21-24)30(22-27(32)33)23-28(34)35/h6-7,9-10,17-19,21H,2-5,8,11-16,20,22-23H2,1H3,(H,29,31)(H,32,33)(H,34,35)/b7-6-,10-9-. The van der Waals surface area contributed by atoms with Gasteiger partial charge in [-0.05, 0) is 56.7 Å². The molecule has 3 N–H and O–H groups in total. The van der Waals surface area contributed by atoms with Gasteiger partial charge in [-0.2, -0.15) is 0 Å². The van der Waals surface area contributed by atoms with Crippen LogP contribution in [0.5, 0.6) is 0 Å². The molecule has 0 bridgehead atoms. The summed E-state index contributed by atoms with van der Waals surface area (Å²) in [6.45, 7) is 1.35. The van der Waals surface area contributed by atoms with Gasteiger partial charge in [0.2, 0.25) is 5.91 Å². The third-order valence-corrected chi connectivity index (χ3v) is 5.50. The van der Waals surface area contributed by atoms with Crippen molar-refractivity contribution in [2.75, 3.05) is 23.3 Å². The van der Waals surface area contributed by atoms with E-state index in [4.69, 9.17) is 10.2 Å². The highest BCUT2D eigenvalue weighted by molar-refractivity contribution is 5.91. The van der Waals surface area contributed by atoms with Crippen molar-refractivity contribution in [2.45, 2.75) is 84.0 Å². The molecule has 0 radical (unpaired) electrons. The molecule has 0 aromatic heterocycles. The van der Waals surface area contributed by atoms with Crippen molar-refractivity contribution in [2.24, 2.45) is 0 Å². The zero-order chi connectivity index (χ0) is 25.7. The van der Waals surface area contributed by atoms with Gasteiger partial charge in [0, 0.05) is 17.8 Å². The summed E-state index contributed by atoms with van der Waals surface area (Å²) in [6, 6.07) is 6.60. The Balaban J connectivity index is 2.20. The maximum absolute atomic E-state index is 12.3. The van der Waals surface area contributed by atoms with Crippen molar-refractivity contribution in [3.05, 3.63) is 48.6 Å². The number of benzene rings is 1. The topological polar surface area (TPSA) is 107 Å². The molecule has 1 aromatic carbocycles. The summed E-state index contributed by atoms with van der Waals surface area (Å²) >= 11 is 0. The molecular weight excluding hydrogens is 444 g/mol. The van der Waals surface area contributed by atoms with Crippen LogP contribution in [-0.4, -0.2) is 41.1 Å². The molecule has 0 saturated carbocycles. The second-order valence-electron chi connectivity index (χ2n) is 8.72. The number of nitrogens with one attached hydrogen (secondary N) is 1. The Hall–Kier alpha value is -3.09. The number of amides is 1. The van der Waals surface area contributed by atoms with Crippen LogP contribution in [0.1, 0.15) is 84.0 Å². The van der Waals surface area contributed by atoms with Crippen molar-refractivity contribution in [1.29, 1.82) is 0 Å². The molecule has 1 amide bonds. The smallest absolute Gasteiger partial charge is 0.323 e. The number of carboxylic acid groups (broad SMARTS) is 2. The second-order valence-corrected chi connectivity index (χ2v) is 8.72. The van der Waals surface area contributed by atoms with E-state index < -0.39 is 25.0 Å². The molecule has 0 unspecified atom stereocenters. The Morgan fingerprint density at radius 3 is 2.06 bits per heavy atom. The van der Waals surface area contributed by atoms with Gasteiger partial charge in [0.25, 0.3) is 0 Å². The van der Waals surface area contributed by atoms with Gasteiger partial charge in [0.1, 0.15) is 13.1 Å². The summed E-state index contributed by atoms with van der Waals surface area (Å²) in [5.74, 6) is -2.35. The Morgan fingerprint density at radius 1 is 0.829 bits per heavy atom. The third kappa shape index (κ3) is 16.2. The second kappa shape index (κ2) is 19.2. The molecule has 0 aliphatic heterocycles. The maximum Gasteiger partial charge on any atom is 0.323 e. The molecule has 0 heterocycles. The molecule has 0 spiro atoms. The van der Waals surface area contributed by atoms with E-state index in [9.17, 15) is 14.4 Å². The van der Waals surface area contributed by atoms with E-state index >= 15 is 0 Å². The van der Waals surface area contributed by atoms with Crippen LogP contribution >= 0.6 is 0 Å². The van der Waals surface area contributed by atoms with Gasteiger partial charge in [-0.25, -0.2) is 0 Å². The summed E-state index contributed by atoms with van der Waals surface area (Å²) in [6.07, 6.45) is 21.8. The molecule has 0 aliphatic carbocycles. The molecule has 0 aliphatic rings. The summed E-state index contributed by atoms with van der Waals surface area (Å²) in [5.41, 5.74) is 0.959. The lowest BCUT2D eigenvalue weighted by atomic mass is 10.1. The molecule has 1 aromatic rings. The van der Waals surface area contributed by atoms with Gasteiger partial charge >= 0.3 is 11.9 Å². The van der Waals surface area contributed by atoms with E-state index in [2.05, 4.69) is 36.5 Å². The number of unbranched alkanes of at least 4 members (excludes halogenated alkanes) is 8. The summed E-state index contributed by atoms with van der Waals surface area (Å²) < 4.78 is 0.